The molecule has 94 valence electrons. The van der Waals surface area contributed by atoms with Crippen molar-refractivity contribution in [1.29, 1.82) is 0 Å². The van der Waals surface area contributed by atoms with Crippen molar-refractivity contribution in [3.8, 4) is 0 Å². The molecule has 3 nitrogen and oxygen atoms in total. The number of nitrogens with one attached hydrogen (secondary N) is 1. The highest BCUT2D eigenvalue weighted by atomic mass is 19.4. The van der Waals surface area contributed by atoms with E-state index < -0.39 is 18.4 Å². The summed E-state index contributed by atoms with van der Waals surface area (Å²) in [6, 6.07) is 2.16. The molecule has 0 aliphatic rings. The van der Waals surface area contributed by atoms with Gasteiger partial charge in [0, 0.05) is 12.7 Å². The highest BCUT2D eigenvalue weighted by molar-refractivity contribution is 6.74. The van der Waals surface area contributed by atoms with Crippen LogP contribution in [-0.2, 0) is 4.74 Å². The maximum Gasteiger partial charge on any atom is 0.509 e. The second kappa shape index (κ2) is 4.69. The van der Waals surface area contributed by atoms with Crippen LogP contribution in [0.1, 0.15) is 15.9 Å². The molecule has 1 aromatic rings. The first-order valence-corrected chi connectivity index (χ1v) is 4.91. The number of rotatable bonds is 3. The molecule has 17 heavy (non-hydrogen) atoms. The lowest BCUT2D eigenvalue weighted by Gasteiger charge is -2.21. The molecule has 1 aromatic carbocycles. The largest absolute Gasteiger partial charge is 0.509 e. The van der Waals surface area contributed by atoms with Gasteiger partial charge in [0.05, 0.1) is 12.7 Å². The molecule has 1 N–H and O–H groups in total. The minimum atomic E-state index is -5.16. The number of anilines is 1. The topological polar surface area (TPSA) is 38.3 Å². The fraction of sp³-hybridized carbons (Fsp3) is 0.300. The Balaban J connectivity index is 3.44. The molecule has 0 aliphatic carbocycles. The standard InChI is InChI=1S/C10H12BF3NO2/c1-6-8(11(12,13)14)4-7(10(16)17-3)5-9(6)15-2/h4-5,15H,1-3H3/q-1. The van der Waals surface area contributed by atoms with E-state index in [-0.39, 0.29) is 16.8 Å². The molecular formula is C10H12BF3NO2-. The molecular weight excluding hydrogens is 234 g/mol. The van der Waals surface area contributed by atoms with Crippen LogP contribution < -0.4 is 10.8 Å². The van der Waals surface area contributed by atoms with Gasteiger partial charge in [0.1, 0.15) is 0 Å². The Morgan fingerprint density at radius 1 is 1.35 bits per heavy atom. The smallest absolute Gasteiger partial charge is 0.465 e. The Kier molecular flexibility index (Phi) is 3.70. The Bertz CT molecular complexity index is 446. The van der Waals surface area contributed by atoms with E-state index >= 15 is 0 Å². The summed E-state index contributed by atoms with van der Waals surface area (Å²) >= 11 is 0. The van der Waals surface area contributed by atoms with Gasteiger partial charge in [0.25, 0.3) is 0 Å². The second-order valence-corrected chi connectivity index (χ2v) is 3.55. The molecule has 7 heteroatoms. The Hall–Kier alpha value is -1.66. The normalized spacial score (nSPS) is 11.2. The number of esters is 1. The maximum absolute atomic E-state index is 12.8. The average Bonchev–Trinajstić information content (AvgIpc) is 2.26. The first kappa shape index (κ1) is 13.4. The van der Waals surface area contributed by atoms with E-state index in [0.29, 0.717) is 0 Å². The highest BCUT2D eigenvalue weighted by Crippen LogP contribution is 2.21. The van der Waals surface area contributed by atoms with Crippen molar-refractivity contribution in [2.75, 3.05) is 19.5 Å². The van der Waals surface area contributed by atoms with Crippen LogP contribution in [-0.4, -0.2) is 27.1 Å². The molecule has 0 atom stereocenters. The first-order chi connectivity index (χ1) is 7.81. The van der Waals surface area contributed by atoms with Crippen LogP contribution in [0.15, 0.2) is 12.1 Å². The van der Waals surface area contributed by atoms with E-state index in [1.807, 2.05) is 0 Å². The third-order valence-electron chi connectivity index (χ3n) is 2.49. The lowest BCUT2D eigenvalue weighted by molar-refractivity contribution is 0.0601. The number of methoxy groups -OCH3 is 1. The molecule has 0 radical (unpaired) electrons. The maximum atomic E-state index is 12.8. The van der Waals surface area contributed by atoms with Crippen LogP contribution in [0.3, 0.4) is 0 Å². The minimum absolute atomic E-state index is 0.0765. The quantitative estimate of drug-likeness (QED) is 0.653. The SMILES string of the molecule is CNc1cc(C(=O)OC)cc([B-](F)(F)F)c1C. The van der Waals surface area contributed by atoms with E-state index in [9.17, 15) is 17.7 Å². The van der Waals surface area contributed by atoms with Crippen molar-refractivity contribution in [3.63, 3.8) is 0 Å². The van der Waals surface area contributed by atoms with Crippen LogP contribution in [0.4, 0.5) is 18.6 Å². The van der Waals surface area contributed by atoms with E-state index in [1.54, 1.807) is 0 Å². The van der Waals surface area contributed by atoms with Gasteiger partial charge in [0.15, 0.2) is 0 Å². The molecule has 0 amide bonds. The summed E-state index contributed by atoms with van der Waals surface area (Å²) in [6.45, 7) is -3.80. The number of ether oxygens (including phenoxy) is 1. The fourth-order valence-corrected chi connectivity index (χ4v) is 1.57. The predicted octanol–water partition coefficient (Wildman–Crippen LogP) is 1.88. The van der Waals surface area contributed by atoms with Crippen molar-refractivity contribution in [3.05, 3.63) is 23.3 Å². The Morgan fingerprint density at radius 3 is 2.35 bits per heavy atom. The van der Waals surface area contributed by atoms with Gasteiger partial charge in [-0.3, -0.25) is 0 Å². The molecule has 0 heterocycles. The predicted molar refractivity (Wildman–Crippen MR) is 60.8 cm³/mol. The van der Waals surface area contributed by atoms with Gasteiger partial charge >= 0.3 is 12.9 Å². The van der Waals surface area contributed by atoms with Gasteiger partial charge in [0.2, 0.25) is 0 Å². The van der Waals surface area contributed by atoms with Crippen LogP contribution in [0.5, 0.6) is 0 Å². The third-order valence-corrected chi connectivity index (χ3v) is 2.49. The minimum Gasteiger partial charge on any atom is -0.465 e. The van der Waals surface area contributed by atoms with Gasteiger partial charge in [-0.05, 0) is 13.0 Å². The number of carbonyl (C=O) groups is 1. The van der Waals surface area contributed by atoms with Crippen molar-refractivity contribution in [2.24, 2.45) is 0 Å². The molecule has 0 saturated carbocycles. The number of halogens is 3. The number of benzene rings is 1. The highest BCUT2D eigenvalue weighted by Gasteiger charge is 2.29. The summed E-state index contributed by atoms with van der Waals surface area (Å²) < 4.78 is 42.8. The summed E-state index contributed by atoms with van der Waals surface area (Å²) in [7, 11) is 2.62. The lowest BCUT2D eigenvalue weighted by atomic mass is 9.76. The summed E-state index contributed by atoms with van der Waals surface area (Å²) in [6.07, 6.45) is 0. The van der Waals surface area contributed by atoms with E-state index in [1.165, 1.54) is 20.0 Å². The van der Waals surface area contributed by atoms with Gasteiger partial charge in [-0.15, -0.1) is 5.46 Å². The van der Waals surface area contributed by atoms with E-state index in [2.05, 4.69) is 10.1 Å². The molecule has 0 aromatic heterocycles. The van der Waals surface area contributed by atoms with E-state index in [0.717, 1.165) is 13.2 Å². The second-order valence-electron chi connectivity index (χ2n) is 3.55. The number of hydrogen-bond acceptors (Lipinski definition) is 3. The zero-order chi connectivity index (χ0) is 13.2. The van der Waals surface area contributed by atoms with Crippen LogP contribution in [0.2, 0.25) is 0 Å². The third kappa shape index (κ3) is 2.72. The summed E-state index contributed by atoms with van der Waals surface area (Å²) in [4.78, 5) is 11.3. The van der Waals surface area contributed by atoms with Crippen molar-refractivity contribution < 1.29 is 22.5 Å². The fourth-order valence-electron chi connectivity index (χ4n) is 1.57. The molecule has 0 aliphatic heterocycles. The van der Waals surface area contributed by atoms with Crippen molar-refractivity contribution in [2.45, 2.75) is 6.92 Å². The summed E-state index contributed by atoms with van der Waals surface area (Å²) in [5, 5.41) is 2.63. The van der Waals surface area contributed by atoms with Crippen molar-refractivity contribution >= 4 is 24.1 Å². The van der Waals surface area contributed by atoms with Crippen LogP contribution in [0, 0.1) is 6.92 Å². The Morgan fingerprint density at radius 2 is 1.94 bits per heavy atom. The molecule has 0 bridgehead atoms. The zero-order valence-electron chi connectivity index (χ0n) is 9.68. The van der Waals surface area contributed by atoms with E-state index in [4.69, 9.17) is 0 Å². The van der Waals surface area contributed by atoms with Crippen molar-refractivity contribution in [1.82, 2.24) is 0 Å². The monoisotopic (exact) mass is 246 g/mol. The van der Waals surface area contributed by atoms with Gasteiger partial charge in [-0.1, -0.05) is 11.6 Å². The van der Waals surface area contributed by atoms with Gasteiger partial charge < -0.3 is 23.0 Å². The molecule has 0 spiro atoms. The lowest BCUT2D eigenvalue weighted by Crippen LogP contribution is -2.37. The number of carbonyl (C=O) groups excluding carboxylic acids is 1. The molecule has 0 unspecified atom stereocenters. The molecule has 0 saturated heterocycles. The van der Waals surface area contributed by atoms with Crippen LogP contribution in [0.25, 0.3) is 0 Å². The van der Waals surface area contributed by atoms with Crippen LogP contribution >= 0.6 is 0 Å². The number of hydrogen-bond donors (Lipinski definition) is 1. The first-order valence-electron chi connectivity index (χ1n) is 4.91. The Labute approximate surface area is 97.0 Å². The van der Waals surface area contributed by atoms with Gasteiger partial charge in [-0.2, -0.15) is 0 Å². The average molecular weight is 246 g/mol. The zero-order valence-corrected chi connectivity index (χ0v) is 9.68. The van der Waals surface area contributed by atoms with Gasteiger partial charge in [-0.25, -0.2) is 4.79 Å². The summed E-state index contributed by atoms with van der Waals surface area (Å²) in [5.41, 5.74) is -0.552. The summed E-state index contributed by atoms with van der Waals surface area (Å²) in [5.74, 6) is -0.789. The molecule has 1 rings (SSSR count). The molecule has 0 fully saturated rings.